The summed E-state index contributed by atoms with van der Waals surface area (Å²) in [5.74, 6) is 0. The number of hydrogen-bond acceptors (Lipinski definition) is 2. The van der Waals surface area contributed by atoms with E-state index in [1.807, 2.05) is 12.1 Å². The summed E-state index contributed by atoms with van der Waals surface area (Å²) >= 11 is 0. The average molecular weight is 199 g/mol. The van der Waals surface area contributed by atoms with Gasteiger partial charge in [-0.2, -0.15) is 0 Å². The molecular weight excluding hydrogens is 182 g/mol. The van der Waals surface area contributed by atoms with Gasteiger partial charge in [-0.1, -0.05) is 19.6 Å². The van der Waals surface area contributed by atoms with Crippen LogP contribution < -0.4 is 0 Å². The quantitative estimate of drug-likeness (QED) is 0.717. The molecule has 0 amide bonds. The molecule has 0 spiro atoms. The van der Waals surface area contributed by atoms with Crippen LogP contribution in [0.25, 0.3) is 0 Å². The van der Waals surface area contributed by atoms with Crippen LogP contribution >= 0.6 is 0 Å². The normalized spacial score (nSPS) is 12.1. The van der Waals surface area contributed by atoms with Gasteiger partial charge in [0.1, 0.15) is 0 Å². The lowest BCUT2D eigenvalue weighted by Gasteiger charge is -2.24. The largest absolute Gasteiger partial charge is 0.390 e. The SMILES string of the molecule is C[Si](C)(C)n1c(CO)ccc1CO. The van der Waals surface area contributed by atoms with Gasteiger partial charge in [-0.3, -0.25) is 0 Å². The molecule has 1 aromatic rings. The summed E-state index contributed by atoms with van der Waals surface area (Å²) < 4.78 is 2.10. The fourth-order valence-electron chi connectivity index (χ4n) is 1.63. The summed E-state index contributed by atoms with van der Waals surface area (Å²) in [5, 5.41) is 18.2. The highest BCUT2D eigenvalue weighted by atomic mass is 28.3. The van der Waals surface area contributed by atoms with Gasteiger partial charge in [-0.05, 0) is 12.1 Å². The van der Waals surface area contributed by atoms with Gasteiger partial charge in [0.05, 0.1) is 13.2 Å². The molecule has 0 bridgehead atoms. The molecule has 13 heavy (non-hydrogen) atoms. The summed E-state index contributed by atoms with van der Waals surface area (Å²) in [4.78, 5) is 0. The van der Waals surface area contributed by atoms with Gasteiger partial charge in [0.2, 0.25) is 0 Å². The Kier molecular flexibility index (Phi) is 2.95. The third-order valence-corrected chi connectivity index (χ3v) is 3.95. The van der Waals surface area contributed by atoms with Crippen molar-refractivity contribution in [3.63, 3.8) is 0 Å². The van der Waals surface area contributed by atoms with Crippen LogP contribution in [0.15, 0.2) is 12.1 Å². The summed E-state index contributed by atoms with van der Waals surface area (Å²) in [6.45, 7) is 6.65. The number of aromatic nitrogens is 1. The van der Waals surface area contributed by atoms with Gasteiger partial charge in [-0.25, -0.2) is 0 Å². The highest BCUT2D eigenvalue weighted by Crippen LogP contribution is 2.17. The van der Waals surface area contributed by atoms with E-state index in [1.54, 1.807) is 0 Å². The van der Waals surface area contributed by atoms with Crippen LogP contribution in [-0.2, 0) is 13.2 Å². The minimum Gasteiger partial charge on any atom is -0.390 e. The molecule has 1 heterocycles. The van der Waals surface area contributed by atoms with E-state index in [4.69, 9.17) is 10.2 Å². The van der Waals surface area contributed by atoms with Crippen LogP contribution in [-0.4, -0.2) is 22.7 Å². The third-order valence-electron chi connectivity index (χ3n) is 2.04. The molecule has 0 aromatic carbocycles. The summed E-state index contributed by atoms with van der Waals surface area (Å²) in [5.41, 5.74) is 1.81. The standard InChI is InChI=1S/C9H17NO2Si/c1-13(2,3)10-8(6-11)4-5-9(10)7-12/h4-5,11-12H,6-7H2,1-3H3. The maximum atomic E-state index is 9.11. The zero-order chi connectivity index (χ0) is 10.1. The Morgan fingerprint density at radius 2 is 1.46 bits per heavy atom. The second kappa shape index (κ2) is 3.65. The van der Waals surface area contributed by atoms with E-state index in [-0.39, 0.29) is 13.2 Å². The van der Waals surface area contributed by atoms with Crippen molar-refractivity contribution in [2.75, 3.05) is 0 Å². The van der Waals surface area contributed by atoms with Crippen LogP contribution in [0, 0.1) is 0 Å². The zero-order valence-electron chi connectivity index (χ0n) is 8.41. The molecule has 1 rings (SSSR count). The number of hydrogen-bond donors (Lipinski definition) is 2. The number of aliphatic hydroxyl groups excluding tert-OH is 2. The first-order chi connectivity index (χ1) is 6.00. The molecular formula is C9H17NO2Si. The highest BCUT2D eigenvalue weighted by molar-refractivity contribution is 6.74. The Morgan fingerprint density at radius 3 is 1.69 bits per heavy atom. The van der Waals surface area contributed by atoms with Gasteiger partial charge >= 0.3 is 0 Å². The monoisotopic (exact) mass is 199 g/mol. The van der Waals surface area contributed by atoms with Crippen LogP contribution in [0.2, 0.25) is 19.6 Å². The van der Waals surface area contributed by atoms with E-state index < -0.39 is 8.24 Å². The Morgan fingerprint density at radius 1 is 1.08 bits per heavy atom. The fourth-order valence-corrected chi connectivity index (χ4v) is 3.65. The minimum absolute atomic E-state index is 0.0459. The summed E-state index contributed by atoms with van der Waals surface area (Å²) in [6.07, 6.45) is 0. The lowest BCUT2D eigenvalue weighted by molar-refractivity contribution is 0.265. The van der Waals surface area contributed by atoms with Gasteiger partial charge < -0.3 is 14.4 Å². The molecule has 0 unspecified atom stereocenters. The first-order valence-corrected chi connectivity index (χ1v) is 7.87. The molecule has 0 fully saturated rings. The van der Waals surface area contributed by atoms with E-state index in [2.05, 4.69) is 23.9 Å². The predicted molar refractivity (Wildman–Crippen MR) is 55.0 cm³/mol. The van der Waals surface area contributed by atoms with Crippen molar-refractivity contribution in [2.24, 2.45) is 0 Å². The Labute approximate surface area is 79.7 Å². The van der Waals surface area contributed by atoms with E-state index in [0.717, 1.165) is 11.4 Å². The van der Waals surface area contributed by atoms with E-state index in [9.17, 15) is 0 Å². The lowest BCUT2D eigenvalue weighted by Crippen LogP contribution is -2.35. The number of rotatable bonds is 3. The first kappa shape index (κ1) is 10.5. The first-order valence-electron chi connectivity index (χ1n) is 4.42. The van der Waals surface area contributed by atoms with Crippen molar-refractivity contribution < 1.29 is 10.2 Å². The van der Waals surface area contributed by atoms with Crippen molar-refractivity contribution in [1.29, 1.82) is 0 Å². The predicted octanol–water partition coefficient (Wildman–Crippen LogP) is 1.16. The molecule has 0 saturated carbocycles. The Balaban J connectivity index is 3.20. The molecule has 4 heteroatoms. The fraction of sp³-hybridized carbons (Fsp3) is 0.556. The minimum atomic E-state index is -1.52. The third kappa shape index (κ3) is 2.01. The molecule has 0 radical (unpaired) electrons. The summed E-state index contributed by atoms with van der Waals surface area (Å²) in [7, 11) is -1.52. The molecule has 0 saturated heterocycles. The van der Waals surface area contributed by atoms with Gasteiger partial charge in [-0.15, -0.1) is 0 Å². The topological polar surface area (TPSA) is 45.4 Å². The zero-order valence-corrected chi connectivity index (χ0v) is 9.41. The van der Waals surface area contributed by atoms with Crippen molar-refractivity contribution in [2.45, 2.75) is 32.9 Å². The maximum absolute atomic E-state index is 9.11. The van der Waals surface area contributed by atoms with E-state index in [0.29, 0.717) is 0 Å². The molecule has 0 aliphatic rings. The Hall–Kier alpha value is -0.583. The second-order valence-corrected chi connectivity index (χ2v) is 8.93. The molecule has 1 aromatic heterocycles. The molecule has 0 atom stereocenters. The second-order valence-electron chi connectivity index (χ2n) is 4.14. The van der Waals surface area contributed by atoms with Crippen molar-refractivity contribution in [1.82, 2.24) is 4.23 Å². The van der Waals surface area contributed by atoms with Crippen LogP contribution in [0.5, 0.6) is 0 Å². The summed E-state index contributed by atoms with van der Waals surface area (Å²) in [6, 6.07) is 3.76. The van der Waals surface area contributed by atoms with Crippen molar-refractivity contribution >= 4 is 8.24 Å². The number of nitrogens with zero attached hydrogens (tertiary/aromatic N) is 1. The van der Waals surface area contributed by atoms with Gasteiger partial charge in [0, 0.05) is 11.4 Å². The van der Waals surface area contributed by atoms with E-state index in [1.165, 1.54) is 0 Å². The molecule has 2 N–H and O–H groups in total. The lowest BCUT2D eigenvalue weighted by atomic mass is 10.4. The smallest absolute Gasteiger partial charge is 0.152 e. The number of aliphatic hydroxyl groups is 2. The maximum Gasteiger partial charge on any atom is 0.152 e. The highest BCUT2D eigenvalue weighted by Gasteiger charge is 2.21. The van der Waals surface area contributed by atoms with Crippen molar-refractivity contribution in [3.8, 4) is 0 Å². The molecule has 0 aliphatic carbocycles. The van der Waals surface area contributed by atoms with Crippen LogP contribution in [0.1, 0.15) is 11.4 Å². The molecule has 0 aliphatic heterocycles. The molecule has 3 nitrogen and oxygen atoms in total. The van der Waals surface area contributed by atoms with Crippen molar-refractivity contribution in [3.05, 3.63) is 23.5 Å². The van der Waals surface area contributed by atoms with Crippen LogP contribution in [0.4, 0.5) is 0 Å². The van der Waals surface area contributed by atoms with E-state index >= 15 is 0 Å². The average Bonchev–Trinajstić information content (AvgIpc) is 2.45. The Bertz CT molecular complexity index is 267. The molecule has 74 valence electrons. The van der Waals surface area contributed by atoms with Gasteiger partial charge in [0.25, 0.3) is 0 Å². The van der Waals surface area contributed by atoms with Crippen LogP contribution in [0.3, 0.4) is 0 Å². The van der Waals surface area contributed by atoms with Gasteiger partial charge in [0.15, 0.2) is 8.24 Å².